The van der Waals surface area contributed by atoms with E-state index < -0.39 is 0 Å². The van der Waals surface area contributed by atoms with E-state index in [1.807, 2.05) is 78.3 Å². The number of rotatable bonds is 6. The Kier molecular flexibility index (Phi) is 5.01. The Bertz CT molecular complexity index is 1050. The first-order valence-electron chi connectivity index (χ1n) is 9.13. The van der Waals surface area contributed by atoms with Crippen LogP contribution in [0.25, 0.3) is 17.0 Å². The Morgan fingerprint density at radius 2 is 1.89 bits per heavy atom. The average Bonchev–Trinajstić information content (AvgIpc) is 3.14. The van der Waals surface area contributed by atoms with Crippen LogP contribution in [-0.4, -0.2) is 26.9 Å². The van der Waals surface area contributed by atoms with Gasteiger partial charge in [-0.2, -0.15) is 0 Å². The molecule has 0 aliphatic carbocycles. The van der Waals surface area contributed by atoms with Gasteiger partial charge in [-0.05, 0) is 42.8 Å². The van der Waals surface area contributed by atoms with Crippen molar-refractivity contribution in [3.05, 3.63) is 78.8 Å². The second-order valence-electron chi connectivity index (χ2n) is 6.33. The molecule has 6 nitrogen and oxygen atoms in total. The third kappa shape index (κ3) is 4.01. The molecule has 0 saturated heterocycles. The first-order valence-corrected chi connectivity index (χ1v) is 9.13. The van der Waals surface area contributed by atoms with Crippen molar-refractivity contribution in [3.63, 3.8) is 0 Å². The van der Waals surface area contributed by atoms with Crippen LogP contribution in [-0.2, 0) is 11.2 Å². The molecular formula is C22H20N4O2. The highest BCUT2D eigenvalue weighted by atomic mass is 16.5. The van der Waals surface area contributed by atoms with E-state index in [9.17, 15) is 4.79 Å². The van der Waals surface area contributed by atoms with Crippen molar-refractivity contribution in [1.82, 2.24) is 14.4 Å². The largest absolute Gasteiger partial charge is 0.494 e. The van der Waals surface area contributed by atoms with Crippen LogP contribution >= 0.6 is 0 Å². The maximum Gasteiger partial charge on any atom is 0.234 e. The Morgan fingerprint density at radius 3 is 2.61 bits per heavy atom. The predicted octanol–water partition coefficient (Wildman–Crippen LogP) is 3.98. The summed E-state index contributed by atoms with van der Waals surface area (Å²) in [6.45, 7) is 2.57. The van der Waals surface area contributed by atoms with Gasteiger partial charge in [0.05, 0.1) is 18.7 Å². The van der Waals surface area contributed by atoms with E-state index in [1.54, 1.807) is 6.20 Å². The zero-order chi connectivity index (χ0) is 19.3. The van der Waals surface area contributed by atoms with E-state index in [0.29, 0.717) is 18.8 Å². The van der Waals surface area contributed by atoms with Crippen LogP contribution in [0, 0.1) is 0 Å². The molecule has 4 aromatic rings. The van der Waals surface area contributed by atoms with Gasteiger partial charge in [-0.1, -0.05) is 24.3 Å². The molecule has 0 aliphatic rings. The zero-order valence-electron chi connectivity index (χ0n) is 15.5. The number of fused-ring (bicyclic) bond motifs is 1. The van der Waals surface area contributed by atoms with Crippen molar-refractivity contribution >= 4 is 17.4 Å². The van der Waals surface area contributed by atoms with Gasteiger partial charge < -0.3 is 10.1 Å². The lowest BCUT2D eigenvalue weighted by Crippen LogP contribution is -2.14. The summed E-state index contributed by atoms with van der Waals surface area (Å²) in [7, 11) is 0. The minimum atomic E-state index is -0.0613. The van der Waals surface area contributed by atoms with E-state index in [2.05, 4.69) is 15.3 Å². The standard InChI is InChI=1S/C22H20N4O2/c1-2-28-19-10-4-16(5-11-19)14-21(27)24-18-8-6-17(7-9-18)20-15-26-13-3-12-23-22(26)25-20/h3-13,15H,2,14H2,1H3,(H,24,27). The fourth-order valence-corrected chi connectivity index (χ4v) is 2.95. The summed E-state index contributed by atoms with van der Waals surface area (Å²) in [4.78, 5) is 21.0. The van der Waals surface area contributed by atoms with Gasteiger partial charge in [0, 0.05) is 29.8 Å². The molecule has 1 amide bonds. The summed E-state index contributed by atoms with van der Waals surface area (Å²) in [6.07, 6.45) is 5.87. The normalized spacial score (nSPS) is 10.8. The van der Waals surface area contributed by atoms with Gasteiger partial charge in [-0.15, -0.1) is 0 Å². The number of carbonyl (C=O) groups is 1. The third-order valence-corrected chi connectivity index (χ3v) is 4.30. The highest BCUT2D eigenvalue weighted by molar-refractivity contribution is 5.92. The second-order valence-corrected chi connectivity index (χ2v) is 6.33. The molecule has 6 heteroatoms. The fraction of sp³-hybridized carbons (Fsp3) is 0.136. The number of carbonyl (C=O) groups excluding carboxylic acids is 1. The summed E-state index contributed by atoms with van der Waals surface area (Å²) in [5.74, 6) is 1.41. The number of hydrogen-bond acceptors (Lipinski definition) is 4. The van der Waals surface area contributed by atoms with Gasteiger partial charge >= 0.3 is 0 Å². The molecular weight excluding hydrogens is 352 g/mol. The van der Waals surface area contributed by atoms with Crippen LogP contribution in [0.2, 0.25) is 0 Å². The number of aromatic nitrogens is 3. The highest BCUT2D eigenvalue weighted by Crippen LogP contribution is 2.21. The fourth-order valence-electron chi connectivity index (χ4n) is 2.95. The van der Waals surface area contributed by atoms with Gasteiger partial charge in [-0.25, -0.2) is 9.97 Å². The molecule has 2 aromatic heterocycles. The number of benzene rings is 2. The SMILES string of the molecule is CCOc1ccc(CC(=O)Nc2ccc(-c3cn4cccnc4n3)cc2)cc1. The maximum atomic E-state index is 12.3. The van der Waals surface area contributed by atoms with E-state index in [0.717, 1.165) is 28.3 Å². The monoisotopic (exact) mass is 372 g/mol. The van der Waals surface area contributed by atoms with Crippen molar-refractivity contribution in [2.24, 2.45) is 0 Å². The number of imidazole rings is 1. The van der Waals surface area contributed by atoms with Crippen LogP contribution in [0.15, 0.2) is 73.2 Å². The average molecular weight is 372 g/mol. The van der Waals surface area contributed by atoms with Crippen LogP contribution in [0.1, 0.15) is 12.5 Å². The lowest BCUT2D eigenvalue weighted by Gasteiger charge is -2.07. The van der Waals surface area contributed by atoms with Crippen molar-refractivity contribution in [1.29, 1.82) is 0 Å². The number of nitrogens with zero attached hydrogens (tertiary/aromatic N) is 3. The quantitative estimate of drug-likeness (QED) is 0.556. The summed E-state index contributed by atoms with van der Waals surface area (Å²) in [5, 5.41) is 2.93. The second kappa shape index (κ2) is 7.92. The summed E-state index contributed by atoms with van der Waals surface area (Å²) < 4.78 is 7.29. The van der Waals surface area contributed by atoms with Gasteiger partial charge in [0.1, 0.15) is 5.75 Å². The molecule has 2 heterocycles. The summed E-state index contributed by atoms with van der Waals surface area (Å²) >= 11 is 0. The van der Waals surface area contributed by atoms with Gasteiger partial charge in [0.25, 0.3) is 0 Å². The molecule has 140 valence electrons. The van der Waals surface area contributed by atoms with Crippen LogP contribution in [0.4, 0.5) is 5.69 Å². The predicted molar refractivity (Wildman–Crippen MR) is 108 cm³/mol. The number of hydrogen-bond donors (Lipinski definition) is 1. The Hall–Kier alpha value is -3.67. The molecule has 0 aliphatic heterocycles. The van der Waals surface area contributed by atoms with Gasteiger partial charge in [-0.3, -0.25) is 9.20 Å². The summed E-state index contributed by atoms with van der Waals surface area (Å²) in [5.41, 5.74) is 3.50. The molecule has 0 atom stereocenters. The van der Waals surface area contributed by atoms with Crippen molar-refractivity contribution in [2.75, 3.05) is 11.9 Å². The van der Waals surface area contributed by atoms with Crippen LogP contribution in [0.5, 0.6) is 5.75 Å². The summed E-state index contributed by atoms with van der Waals surface area (Å²) in [6, 6.07) is 17.1. The molecule has 28 heavy (non-hydrogen) atoms. The molecule has 0 spiro atoms. The van der Waals surface area contributed by atoms with E-state index in [1.165, 1.54) is 0 Å². The minimum Gasteiger partial charge on any atom is -0.494 e. The number of ether oxygens (including phenoxy) is 1. The van der Waals surface area contributed by atoms with Crippen LogP contribution in [0.3, 0.4) is 0 Å². The molecule has 0 radical (unpaired) electrons. The van der Waals surface area contributed by atoms with Crippen LogP contribution < -0.4 is 10.1 Å². The molecule has 2 aromatic carbocycles. The minimum absolute atomic E-state index is 0.0613. The Balaban J connectivity index is 1.40. The molecule has 0 bridgehead atoms. The third-order valence-electron chi connectivity index (χ3n) is 4.30. The zero-order valence-corrected chi connectivity index (χ0v) is 15.5. The molecule has 0 fully saturated rings. The van der Waals surface area contributed by atoms with Crippen molar-refractivity contribution in [2.45, 2.75) is 13.3 Å². The first-order chi connectivity index (χ1) is 13.7. The molecule has 1 N–H and O–H groups in total. The molecule has 4 rings (SSSR count). The van der Waals surface area contributed by atoms with E-state index in [-0.39, 0.29) is 5.91 Å². The number of nitrogens with one attached hydrogen (secondary N) is 1. The van der Waals surface area contributed by atoms with E-state index in [4.69, 9.17) is 4.74 Å². The lowest BCUT2D eigenvalue weighted by atomic mass is 10.1. The maximum absolute atomic E-state index is 12.3. The molecule has 0 unspecified atom stereocenters. The van der Waals surface area contributed by atoms with Gasteiger partial charge in [0.15, 0.2) is 0 Å². The number of anilines is 1. The lowest BCUT2D eigenvalue weighted by molar-refractivity contribution is -0.115. The number of amides is 1. The topological polar surface area (TPSA) is 68.5 Å². The van der Waals surface area contributed by atoms with E-state index >= 15 is 0 Å². The first kappa shape index (κ1) is 17.7. The Morgan fingerprint density at radius 1 is 1.11 bits per heavy atom. The van der Waals surface area contributed by atoms with Crippen molar-refractivity contribution in [3.8, 4) is 17.0 Å². The highest BCUT2D eigenvalue weighted by Gasteiger charge is 2.07. The van der Waals surface area contributed by atoms with Gasteiger partial charge in [0.2, 0.25) is 11.7 Å². The Labute approximate surface area is 162 Å². The van der Waals surface area contributed by atoms with Crippen molar-refractivity contribution < 1.29 is 9.53 Å². The smallest absolute Gasteiger partial charge is 0.234 e. The molecule has 0 saturated carbocycles.